The molecule has 1 aliphatic rings. The first-order valence-corrected chi connectivity index (χ1v) is 6.87. The Labute approximate surface area is 117 Å². The van der Waals surface area contributed by atoms with Crippen LogP contribution in [0, 0.1) is 11.6 Å². The van der Waals surface area contributed by atoms with Crippen LogP contribution in [0.3, 0.4) is 0 Å². The van der Waals surface area contributed by atoms with E-state index in [2.05, 4.69) is 16.8 Å². The maximum absolute atomic E-state index is 14.1. The van der Waals surface area contributed by atoms with Crippen LogP contribution in [0.4, 0.5) is 8.78 Å². The molecule has 0 aromatic heterocycles. The van der Waals surface area contributed by atoms with E-state index in [4.69, 9.17) is 0 Å². The highest BCUT2D eigenvalue weighted by atomic mass is 19.1. The Hall–Kier alpha value is -1.46. The number of hydrogen-bond acceptors (Lipinski definition) is 3. The molecule has 1 atom stereocenters. The zero-order valence-electron chi connectivity index (χ0n) is 11.4. The number of nitrogens with one attached hydrogen (secondary N) is 1. The normalized spacial score (nSPS) is 17.9. The molecular weight excluding hydrogens is 262 g/mol. The molecule has 0 spiro atoms. The van der Waals surface area contributed by atoms with E-state index < -0.39 is 11.6 Å². The summed E-state index contributed by atoms with van der Waals surface area (Å²) in [6, 6.07) is 1.55. The molecule has 2 N–H and O–H groups in total. The second-order valence-electron chi connectivity index (χ2n) is 4.99. The van der Waals surface area contributed by atoms with Gasteiger partial charge in [0.15, 0.2) is 0 Å². The summed E-state index contributed by atoms with van der Waals surface area (Å²) in [6.07, 6.45) is 3.14. The smallest absolute Gasteiger partial charge is 0.134 e. The van der Waals surface area contributed by atoms with Crippen LogP contribution in [0.15, 0.2) is 24.8 Å². The molecule has 1 fully saturated rings. The molecule has 1 aliphatic heterocycles. The molecule has 1 saturated heterocycles. The van der Waals surface area contributed by atoms with Crippen LogP contribution < -0.4 is 5.32 Å². The highest BCUT2D eigenvalue weighted by Crippen LogP contribution is 2.35. The standard InChI is InChI=1S/C15H20F2N2O/c1-2-3-4-13(19-7-5-18-6-8-19)15-12(17)9-11(16)10-14(15)20/h2,9-10,13,18,20H,1,3-8H2/t13-/m0/s1. The highest BCUT2D eigenvalue weighted by Gasteiger charge is 2.27. The van der Waals surface area contributed by atoms with Crippen molar-refractivity contribution in [3.8, 4) is 5.75 Å². The minimum atomic E-state index is -0.758. The van der Waals surface area contributed by atoms with Crippen molar-refractivity contribution in [1.29, 1.82) is 0 Å². The number of benzene rings is 1. The van der Waals surface area contributed by atoms with Gasteiger partial charge in [-0.1, -0.05) is 6.08 Å². The lowest BCUT2D eigenvalue weighted by atomic mass is 9.97. The molecule has 0 unspecified atom stereocenters. The monoisotopic (exact) mass is 282 g/mol. The van der Waals surface area contributed by atoms with Gasteiger partial charge in [-0.05, 0) is 12.8 Å². The summed E-state index contributed by atoms with van der Waals surface area (Å²) in [5.74, 6) is -1.75. The molecule has 0 amide bonds. The molecule has 5 heteroatoms. The fourth-order valence-electron chi connectivity index (χ4n) is 2.68. The quantitative estimate of drug-likeness (QED) is 0.815. The molecule has 0 aliphatic carbocycles. The fourth-order valence-corrected chi connectivity index (χ4v) is 2.68. The molecule has 0 saturated carbocycles. The third-order valence-electron chi connectivity index (χ3n) is 3.64. The summed E-state index contributed by atoms with van der Waals surface area (Å²) in [5.41, 5.74) is 0.190. The summed E-state index contributed by atoms with van der Waals surface area (Å²) in [4.78, 5) is 2.12. The topological polar surface area (TPSA) is 35.5 Å². The third-order valence-corrected chi connectivity index (χ3v) is 3.64. The Morgan fingerprint density at radius 2 is 2.05 bits per heavy atom. The number of allylic oxidation sites excluding steroid dienone is 1. The average Bonchev–Trinajstić information content (AvgIpc) is 2.42. The lowest BCUT2D eigenvalue weighted by Crippen LogP contribution is -2.45. The summed E-state index contributed by atoms with van der Waals surface area (Å²) in [6.45, 7) is 6.89. The van der Waals surface area contributed by atoms with Crippen LogP contribution in [0.2, 0.25) is 0 Å². The van der Waals surface area contributed by atoms with E-state index in [1.165, 1.54) is 0 Å². The van der Waals surface area contributed by atoms with E-state index >= 15 is 0 Å². The number of phenolic OH excluding ortho intramolecular Hbond substituents is 1. The first kappa shape index (κ1) is 14.9. The van der Waals surface area contributed by atoms with Gasteiger partial charge in [-0.2, -0.15) is 0 Å². The number of nitrogens with zero attached hydrogens (tertiary/aromatic N) is 1. The Morgan fingerprint density at radius 3 is 2.65 bits per heavy atom. The van der Waals surface area contributed by atoms with Gasteiger partial charge in [0.2, 0.25) is 0 Å². The minimum Gasteiger partial charge on any atom is -0.507 e. The fraction of sp³-hybridized carbons (Fsp3) is 0.467. The predicted molar refractivity (Wildman–Crippen MR) is 74.6 cm³/mol. The molecule has 1 aromatic carbocycles. The Morgan fingerprint density at radius 1 is 1.35 bits per heavy atom. The molecule has 2 rings (SSSR count). The third kappa shape index (κ3) is 3.35. The zero-order valence-corrected chi connectivity index (χ0v) is 11.4. The summed E-state index contributed by atoms with van der Waals surface area (Å²) < 4.78 is 27.2. The van der Waals surface area contributed by atoms with Gasteiger partial charge in [0, 0.05) is 49.9 Å². The van der Waals surface area contributed by atoms with E-state index in [0.29, 0.717) is 12.8 Å². The van der Waals surface area contributed by atoms with Gasteiger partial charge in [-0.15, -0.1) is 6.58 Å². The second kappa shape index (κ2) is 6.81. The molecule has 0 radical (unpaired) electrons. The maximum atomic E-state index is 14.1. The van der Waals surface area contributed by atoms with Crippen LogP contribution in [-0.2, 0) is 0 Å². The van der Waals surface area contributed by atoms with Crippen molar-refractivity contribution in [3.63, 3.8) is 0 Å². The molecule has 1 heterocycles. The molecule has 0 bridgehead atoms. The summed E-state index contributed by atoms with van der Waals surface area (Å²) in [7, 11) is 0. The SMILES string of the molecule is C=CCC[C@@H](c1c(O)cc(F)cc1F)N1CCNCC1. The van der Waals surface area contributed by atoms with Crippen LogP contribution in [-0.4, -0.2) is 36.2 Å². The van der Waals surface area contributed by atoms with Crippen molar-refractivity contribution in [2.45, 2.75) is 18.9 Å². The second-order valence-corrected chi connectivity index (χ2v) is 4.99. The van der Waals surface area contributed by atoms with Gasteiger partial charge in [-0.25, -0.2) is 8.78 Å². The zero-order chi connectivity index (χ0) is 14.5. The average molecular weight is 282 g/mol. The van der Waals surface area contributed by atoms with Gasteiger partial charge < -0.3 is 10.4 Å². The highest BCUT2D eigenvalue weighted by molar-refractivity contribution is 5.37. The summed E-state index contributed by atoms with van der Waals surface area (Å²) in [5, 5.41) is 13.2. The van der Waals surface area contributed by atoms with Gasteiger partial charge >= 0.3 is 0 Å². The van der Waals surface area contributed by atoms with E-state index in [1.807, 2.05) is 0 Å². The van der Waals surface area contributed by atoms with Crippen LogP contribution in [0.5, 0.6) is 5.75 Å². The first-order chi connectivity index (χ1) is 9.63. The molecule has 20 heavy (non-hydrogen) atoms. The maximum Gasteiger partial charge on any atom is 0.134 e. The number of rotatable bonds is 5. The van der Waals surface area contributed by atoms with Crippen molar-refractivity contribution in [2.24, 2.45) is 0 Å². The molecule has 110 valence electrons. The van der Waals surface area contributed by atoms with Crippen molar-refractivity contribution >= 4 is 0 Å². The van der Waals surface area contributed by atoms with Crippen LogP contribution in [0.1, 0.15) is 24.4 Å². The van der Waals surface area contributed by atoms with E-state index in [-0.39, 0.29) is 17.4 Å². The Balaban J connectivity index is 2.32. The number of aromatic hydroxyl groups is 1. The van der Waals surface area contributed by atoms with Crippen molar-refractivity contribution in [3.05, 3.63) is 42.0 Å². The number of hydrogen-bond donors (Lipinski definition) is 2. The van der Waals surface area contributed by atoms with E-state index in [1.54, 1.807) is 6.08 Å². The number of phenols is 1. The lowest BCUT2D eigenvalue weighted by molar-refractivity contribution is 0.160. The predicted octanol–water partition coefficient (Wildman–Crippen LogP) is 2.58. The first-order valence-electron chi connectivity index (χ1n) is 6.87. The Kier molecular flexibility index (Phi) is 5.09. The molecule has 1 aromatic rings. The van der Waals surface area contributed by atoms with Gasteiger partial charge in [0.1, 0.15) is 17.4 Å². The van der Waals surface area contributed by atoms with Crippen LogP contribution in [0.25, 0.3) is 0 Å². The van der Waals surface area contributed by atoms with Gasteiger partial charge in [-0.3, -0.25) is 4.90 Å². The van der Waals surface area contributed by atoms with Crippen molar-refractivity contribution in [2.75, 3.05) is 26.2 Å². The lowest BCUT2D eigenvalue weighted by Gasteiger charge is -2.35. The molecular formula is C15H20F2N2O. The number of piperazine rings is 1. The largest absolute Gasteiger partial charge is 0.507 e. The van der Waals surface area contributed by atoms with Crippen LogP contribution >= 0.6 is 0 Å². The minimum absolute atomic E-state index is 0.190. The van der Waals surface area contributed by atoms with E-state index in [9.17, 15) is 13.9 Å². The van der Waals surface area contributed by atoms with E-state index in [0.717, 1.165) is 38.3 Å². The molecule has 3 nitrogen and oxygen atoms in total. The number of halogens is 2. The Bertz CT molecular complexity index is 450. The van der Waals surface area contributed by atoms with Crippen molar-refractivity contribution in [1.82, 2.24) is 10.2 Å². The van der Waals surface area contributed by atoms with Crippen molar-refractivity contribution < 1.29 is 13.9 Å². The van der Waals surface area contributed by atoms with Gasteiger partial charge in [0.05, 0.1) is 0 Å². The summed E-state index contributed by atoms with van der Waals surface area (Å²) >= 11 is 0. The van der Waals surface area contributed by atoms with Gasteiger partial charge in [0.25, 0.3) is 0 Å².